The second-order valence-electron chi connectivity index (χ2n) is 8.03. The van der Waals surface area contributed by atoms with E-state index in [-0.39, 0.29) is 26.2 Å². The molecule has 6 nitrogen and oxygen atoms in total. The first-order valence-corrected chi connectivity index (χ1v) is 10.7. The number of alkyl carbamates (subject to hydrolysis) is 1. The summed E-state index contributed by atoms with van der Waals surface area (Å²) in [6.07, 6.45) is -2.83. The fraction of sp³-hybridized carbons (Fsp3) is 0.391. The molecule has 1 unspecified atom stereocenters. The molecular formula is C23H28BrFN2O4. The van der Waals surface area contributed by atoms with Gasteiger partial charge in [-0.25, -0.2) is 14.0 Å². The van der Waals surface area contributed by atoms with Crippen molar-refractivity contribution in [1.29, 1.82) is 0 Å². The summed E-state index contributed by atoms with van der Waals surface area (Å²) in [5.74, 6) is 0. The van der Waals surface area contributed by atoms with E-state index < -0.39 is 24.0 Å². The molecule has 31 heavy (non-hydrogen) atoms. The Bertz CT molecular complexity index is 841. The third kappa shape index (κ3) is 9.83. The van der Waals surface area contributed by atoms with Crippen molar-refractivity contribution in [2.45, 2.75) is 45.7 Å². The summed E-state index contributed by atoms with van der Waals surface area (Å²) in [4.78, 5) is 25.7. The minimum absolute atomic E-state index is 0.0869. The van der Waals surface area contributed by atoms with Crippen LogP contribution in [0.3, 0.4) is 0 Å². The molecule has 0 saturated carbocycles. The van der Waals surface area contributed by atoms with E-state index in [9.17, 15) is 14.0 Å². The van der Waals surface area contributed by atoms with Gasteiger partial charge in [-0.1, -0.05) is 58.4 Å². The lowest BCUT2D eigenvalue weighted by Crippen LogP contribution is -2.42. The van der Waals surface area contributed by atoms with E-state index in [0.29, 0.717) is 0 Å². The molecule has 0 aliphatic carbocycles. The number of ether oxygens (including phenoxy) is 2. The zero-order valence-electron chi connectivity index (χ0n) is 17.9. The number of rotatable bonds is 8. The van der Waals surface area contributed by atoms with Crippen LogP contribution in [0, 0.1) is 0 Å². The molecule has 1 N–H and O–H groups in total. The summed E-state index contributed by atoms with van der Waals surface area (Å²) in [7, 11) is 0. The van der Waals surface area contributed by atoms with Crippen LogP contribution in [0.4, 0.5) is 14.0 Å². The van der Waals surface area contributed by atoms with E-state index in [1.807, 2.05) is 54.6 Å². The molecule has 0 saturated heterocycles. The monoisotopic (exact) mass is 494 g/mol. The van der Waals surface area contributed by atoms with E-state index in [1.54, 1.807) is 20.8 Å². The zero-order chi connectivity index (χ0) is 22.9. The largest absolute Gasteiger partial charge is 0.445 e. The number of nitrogens with one attached hydrogen (secondary N) is 1. The fourth-order valence-electron chi connectivity index (χ4n) is 2.64. The minimum atomic E-state index is -1.49. The second-order valence-corrected chi connectivity index (χ2v) is 8.94. The van der Waals surface area contributed by atoms with Gasteiger partial charge in [-0.3, -0.25) is 0 Å². The van der Waals surface area contributed by atoms with Crippen molar-refractivity contribution in [3.05, 3.63) is 70.2 Å². The average molecular weight is 495 g/mol. The molecule has 0 aliphatic rings. The van der Waals surface area contributed by atoms with Crippen molar-refractivity contribution < 1.29 is 23.5 Å². The van der Waals surface area contributed by atoms with Crippen LogP contribution in [0.15, 0.2) is 59.1 Å². The quantitative estimate of drug-likeness (QED) is 0.529. The van der Waals surface area contributed by atoms with Gasteiger partial charge in [0, 0.05) is 11.0 Å². The molecule has 0 spiro atoms. The summed E-state index contributed by atoms with van der Waals surface area (Å²) in [6, 6.07) is 16.6. The molecular weight excluding hydrogens is 467 g/mol. The molecule has 0 heterocycles. The first kappa shape index (κ1) is 24.7. The summed E-state index contributed by atoms with van der Waals surface area (Å²) >= 11 is 3.37. The fourth-order valence-corrected chi connectivity index (χ4v) is 2.90. The van der Waals surface area contributed by atoms with Gasteiger partial charge in [0.1, 0.15) is 18.4 Å². The first-order valence-electron chi connectivity index (χ1n) is 9.93. The van der Waals surface area contributed by atoms with Gasteiger partial charge < -0.3 is 19.7 Å². The highest BCUT2D eigenvalue weighted by Crippen LogP contribution is 2.14. The molecule has 2 aromatic carbocycles. The third-order valence-corrected chi connectivity index (χ3v) is 4.56. The number of hydrogen-bond donors (Lipinski definition) is 1. The summed E-state index contributed by atoms with van der Waals surface area (Å²) in [5, 5.41) is 2.39. The van der Waals surface area contributed by atoms with E-state index in [2.05, 4.69) is 21.2 Å². The molecule has 2 rings (SSSR count). The van der Waals surface area contributed by atoms with Crippen LogP contribution in [0.1, 0.15) is 31.9 Å². The lowest BCUT2D eigenvalue weighted by molar-refractivity contribution is 0.0501. The molecule has 0 aromatic heterocycles. The standard InChI is InChI=1S/C23H28BrFN2O4/c1-23(2,3)31-21(28)26-13-20(25)15-27(14-17-9-11-19(24)12-10-17)22(29)30-16-18-7-5-4-6-8-18/h4-12,20H,13-16H2,1-3H3,(H,26,28). The Morgan fingerprint density at radius 1 is 1.06 bits per heavy atom. The highest BCUT2D eigenvalue weighted by atomic mass is 79.9. The summed E-state index contributed by atoms with van der Waals surface area (Å²) < 4.78 is 26.0. The number of alkyl halides is 1. The van der Waals surface area contributed by atoms with Crippen molar-refractivity contribution in [3.8, 4) is 0 Å². The van der Waals surface area contributed by atoms with Crippen LogP contribution in [-0.4, -0.2) is 41.9 Å². The average Bonchev–Trinajstić information content (AvgIpc) is 2.71. The number of hydrogen-bond acceptors (Lipinski definition) is 4. The number of halogens is 2. The zero-order valence-corrected chi connectivity index (χ0v) is 19.5. The highest BCUT2D eigenvalue weighted by Gasteiger charge is 2.22. The number of amides is 2. The second kappa shape index (κ2) is 11.7. The maximum absolute atomic E-state index is 14.6. The molecule has 2 amide bonds. The Morgan fingerprint density at radius 2 is 1.71 bits per heavy atom. The number of nitrogens with zero attached hydrogens (tertiary/aromatic N) is 1. The van der Waals surface area contributed by atoms with E-state index in [4.69, 9.17) is 9.47 Å². The number of carbonyl (C=O) groups is 2. The summed E-state index contributed by atoms with van der Waals surface area (Å²) in [5.41, 5.74) is 0.986. The van der Waals surface area contributed by atoms with E-state index in [1.165, 1.54) is 4.90 Å². The van der Waals surface area contributed by atoms with Crippen LogP contribution < -0.4 is 5.32 Å². The number of carbonyl (C=O) groups excluding carboxylic acids is 2. The van der Waals surface area contributed by atoms with Crippen molar-refractivity contribution >= 4 is 28.1 Å². The SMILES string of the molecule is CC(C)(C)OC(=O)NCC(F)CN(Cc1ccc(Br)cc1)C(=O)OCc1ccccc1. The first-order chi connectivity index (χ1) is 14.6. The normalized spacial score (nSPS) is 12.0. The number of benzene rings is 2. The van der Waals surface area contributed by atoms with Crippen LogP contribution in [0.5, 0.6) is 0 Å². The van der Waals surface area contributed by atoms with Crippen LogP contribution in [0.25, 0.3) is 0 Å². The molecule has 8 heteroatoms. The van der Waals surface area contributed by atoms with Crippen LogP contribution >= 0.6 is 15.9 Å². The molecule has 0 fully saturated rings. The van der Waals surface area contributed by atoms with Gasteiger partial charge in [0.05, 0.1) is 13.1 Å². The third-order valence-electron chi connectivity index (χ3n) is 4.04. The molecule has 0 radical (unpaired) electrons. The van der Waals surface area contributed by atoms with Gasteiger partial charge in [0.25, 0.3) is 0 Å². The van der Waals surface area contributed by atoms with Gasteiger partial charge in [0.15, 0.2) is 0 Å². The lowest BCUT2D eigenvalue weighted by atomic mass is 10.2. The van der Waals surface area contributed by atoms with Gasteiger partial charge in [-0.15, -0.1) is 0 Å². The smallest absolute Gasteiger partial charge is 0.410 e. The van der Waals surface area contributed by atoms with Crippen molar-refractivity contribution in [2.24, 2.45) is 0 Å². The Kier molecular flexibility index (Phi) is 9.30. The Morgan fingerprint density at radius 3 is 2.32 bits per heavy atom. The minimum Gasteiger partial charge on any atom is -0.445 e. The molecule has 0 aliphatic heterocycles. The molecule has 168 valence electrons. The van der Waals surface area contributed by atoms with E-state index in [0.717, 1.165) is 15.6 Å². The topological polar surface area (TPSA) is 67.9 Å². The maximum atomic E-state index is 14.6. The summed E-state index contributed by atoms with van der Waals surface area (Å²) in [6.45, 7) is 4.92. The van der Waals surface area contributed by atoms with Gasteiger partial charge >= 0.3 is 12.2 Å². The van der Waals surface area contributed by atoms with Crippen molar-refractivity contribution in [3.63, 3.8) is 0 Å². The predicted molar refractivity (Wildman–Crippen MR) is 120 cm³/mol. The van der Waals surface area contributed by atoms with Gasteiger partial charge in [-0.05, 0) is 44.0 Å². The molecule has 0 bridgehead atoms. The van der Waals surface area contributed by atoms with Crippen LogP contribution in [-0.2, 0) is 22.6 Å². The highest BCUT2D eigenvalue weighted by molar-refractivity contribution is 9.10. The Hall–Kier alpha value is -2.61. The lowest BCUT2D eigenvalue weighted by Gasteiger charge is -2.25. The predicted octanol–water partition coefficient (Wildman–Crippen LogP) is 5.45. The maximum Gasteiger partial charge on any atom is 0.410 e. The van der Waals surface area contributed by atoms with Crippen molar-refractivity contribution in [2.75, 3.05) is 13.1 Å². The van der Waals surface area contributed by atoms with Gasteiger partial charge in [0.2, 0.25) is 0 Å². The van der Waals surface area contributed by atoms with Gasteiger partial charge in [-0.2, -0.15) is 0 Å². The van der Waals surface area contributed by atoms with E-state index >= 15 is 0 Å². The Balaban J connectivity index is 1.97. The molecule has 1 atom stereocenters. The van der Waals surface area contributed by atoms with Crippen LogP contribution in [0.2, 0.25) is 0 Å². The Labute approximate surface area is 190 Å². The van der Waals surface area contributed by atoms with Crippen molar-refractivity contribution in [1.82, 2.24) is 10.2 Å². The molecule has 2 aromatic rings.